The van der Waals surface area contributed by atoms with Crippen LogP contribution in [0.4, 0.5) is 0 Å². The van der Waals surface area contributed by atoms with Gasteiger partial charge in [0.1, 0.15) is 5.75 Å². The van der Waals surface area contributed by atoms with Crippen molar-refractivity contribution in [3.63, 3.8) is 0 Å². The van der Waals surface area contributed by atoms with Gasteiger partial charge in [0.2, 0.25) is 0 Å². The molecule has 0 aliphatic rings. The van der Waals surface area contributed by atoms with E-state index in [1.54, 1.807) is 7.11 Å². The fourth-order valence-electron chi connectivity index (χ4n) is 1.99. The molecule has 21 heavy (non-hydrogen) atoms. The molecule has 0 saturated carbocycles. The number of methoxy groups -OCH3 is 1. The number of hydrogen-bond acceptors (Lipinski definition) is 4. The Morgan fingerprint density at radius 3 is 2.38 bits per heavy atom. The summed E-state index contributed by atoms with van der Waals surface area (Å²) in [6.07, 6.45) is 1.30. The maximum absolute atomic E-state index is 5.67. The molecule has 1 rings (SSSR count). The minimum atomic E-state index is 0.197. The summed E-state index contributed by atoms with van der Waals surface area (Å²) in [5.74, 6) is 0.906. The average Bonchev–Trinajstić information content (AvgIpc) is 2.47. The van der Waals surface area contributed by atoms with E-state index in [9.17, 15) is 0 Å². The largest absolute Gasteiger partial charge is 0.491 e. The molecule has 0 spiro atoms. The van der Waals surface area contributed by atoms with Crippen LogP contribution in [-0.2, 0) is 9.47 Å². The summed E-state index contributed by atoms with van der Waals surface area (Å²) in [6.45, 7) is 9.09. The van der Waals surface area contributed by atoms with Gasteiger partial charge in [0, 0.05) is 7.11 Å². The highest BCUT2D eigenvalue weighted by atomic mass is 16.5. The summed E-state index contributed by atoms with van der Waals surface area (Å²) in [7, 11) is 1.68. The molecule has 120 valence electrons. The van der Waals surface area contributed by atoms with Gasteiger partial charge in [0.25, 0.3) is 0 Å². The number of benzene rings is 1. The van der Waals surface area contributed by atoms with Crippen LogP contribution in [0.25, 0.3) is 0 Å². The van der Waals surface area contributed by atoms with Gasteiger partial charge >= 0.3 is 0 Å². The van der Waals surface area contributed by atoms with Gasteiger partial charge in [-0.05, 0) is 44.5 Å². The fraction of sp³-hybridized carbons (Fsp3) is 0.647. The Labute approximate surface area is 128 Å². The quantitative estimate of drug-likeness (QED) is 0.637. The molecule has 1 N–H and O–H groups in total. The summed E-state index contributed by atoms with van der Waals surface area (Å²) in [6, 6.07) is 8.45. The van der Waals surface area contributed by atoms with Crippen LogP contribution < -0.4 is 10.1 Å². The first-order valence-electron chi connectivity index (χ1n) is 7.74. The van der Waals surface area contributed by atoms with Gasteiger partial charge in [-0.2, -0.15) is 0 Å². The van der Waals surface area contributed by atoms with Crippen LogP contribution >= 0.6 is 0 Å². The smallest absolute Gasteiger partial charge is 0.119 e. The molecule has 4 nitrogen and oxygen atoms in total. The maximum atomic E-state index is 5.67. The Bertz CT molecular complexity index is 365. The molecule has 0 aliphatic carbocycles. The zero-order chi connectivity index (χ0) is 15.5. The number of nitrogens with one attached hydrogen (secondary N) is 1. The van der Waals surface area contributed by atoms with E-state index in [1.165, 1.54) is 5.56 Å². The van der Waals surface area contributed by atoms with E-state index in [1.807, 2.05) is 26.0 Å². The lowest BCUT2D eigenvalue weighted by atomic mass is 10.1. The molecule has 1 aromatic carbocycles. The third-order valence-electron chi connectivity index (χ3n) is 3.01. The van der Waals surface area contributed by atoms with E-state index in [-0.39, 0.29) is 12.1 Å². The van der Waals surface area contributed by atoms with Crippen molar-refractivity contribution >= 4 is 0 Å². The van der Waals surface area contributed by atoms with Gasteiger partial charge in [-0.1, -0.05) is 19.1 Å². The standard InChI is InChI=1S/C17H29NO3/c1-5-10-18-17(13-20-12-11-19-4)15-6-8-16(9-7-15)21-14(2)3/h6-9,14,17-18H,5,10-13H2,1-4H3. The summed E-state index contributed by atoms with van der Waals surface area (Å²) >= 11 is 0. The van der Waals surface area contributed by atoms with Crippen molar-refractivity contribution < 1.29 is 14.2 Å². The summed E-state index contributed by atoms with van der Waals surface area (Å²) < 4.78 is 16.3. The van der Waals surface area contributed by atoms with Crippen molar-refractivity contribution in [2.75, 3.05) is 33.5 Å². The van der Waals surface area contributed by atoms with Crippen LogP contribution in [0.5, 0.6) is 5.75 Å². The van der Waals surface area contributed by atoms with E-state index in [0.717, 1.165) is 18.7 Å². The minimum absolute atomic E-state index is 0.197. The van der Waals surface area contributed by atoms with Crippen LogP contribution in [0, 0.1) is 0 Å². The van der Waals surface area contributed by atoms with E-state index in [4.69, 9.17) is 14.2 Å². The second-order valence-corrected chi connectivity index (χ2v) is 5.31. The van der Waals surface area contributed by atoms with Crippen molar-refractivity contribution in [2.45, 2.75) is 39.3 Å². The van der Waals surface area contributed by atoms with Gasteiger partial charge in [-0.15, -0.1) is 0 Å². The predicted molar refractivity (Wildman–Crippen MR) is 85.9 cm³/mol. The first-order valence-corrected chi connectivity index (χ1v) is 7.74. The van der Waals surface area contributed by atoms with Crippen molar-refractivity contribution in [1.82, 2.24) is 5.32 Å². The van der Waals surface area contributed by atoms with E-state index in [0.29, 0.717) is 19.8 Å². The summed E-state index contributed by atoms with van der Waals surface area (Å²) in [4.78, 5) is 0. The molecule has 1 unspecified atom stereocenters. The lowest BCUT2D eigenvalue weighted by Gasteiger charge is -2.20. The summed E-state index contributed by atoms with van der Waals surface area (Å²) in [5, 5.41) is 3.52. The molecule has 0 fully saturated rings. The molecule has 1 aromatic rings. The molecular formula is C17H29NO3. The molecule has 0 radical (unpaired) electrons. The van der Waals surface area contributed by atoms with Gasteiger partial charge in [0.15, 0.2) is 0 Å². The van der Waals surface area contributed by atoms with E-state index in [2.05, 4.69) is 24.4 Å². The molecular weight excluding hydrogens is 266 g/mol. The van der Waals surface area contributed by atoms with Gasteiger partial charge in [0.05, 0.1) is 32.0 Å². The average molecular weight is 295 g/mol. The van der Waals surface area contributed by atoms with Gasteiger partial charge in [-0.3, -0.25) is 0 Å². The third kappa shape index (κ3) is 7.46. The Kier molecular flexibility index (Phi) is 9.06. The molecule has 4 heteroatoms. The van der Waals surface area contributed by atoms with Crippen molar-refractivity contribution in [2.24, 2.45) is 0 Å². The molecule has 0 amide bonds. The van der Waals surface area contributed by atoms with Gasteiger partial charge in [-0.25, -0.2) is 0 Å². The van der Waals surface area contributed by atoms with Crippen LogP contribution in [0.1, 0.15) is 38.8 Å². The Morgan fingerprint density at radius 1 is 1.10 bits per heavy atom. The summed E-state index contributed by atoms with van der Waals surface area (Å²) in [5.41, 5.74) is 1.22. The third-order valence-corrected chi connectivity index (χ3v) is 3.01. The van der Waals surface area contributed by atoms with E-state index >= 15 is 0 Å². The number of rotatable bonds is 11. The lowest BCUT2D eigenvalue weighted by molar-refractivity contribution is 0.0586. The fourth-order valence-corrected chi connectivity index (χ4v) is 1.99. The second kappa shape index (κ2) is 10.6. The molecule has 0 heterocycles. The number of ether oxygens (including phenoxy) is 3. The van der Waals surface area contributed by atoms with E-state index < -0.39 is 0 Å². The van der Waals surface area contributed by atoms with Crippen molar-refractivity contribution in [1.29, 1.82) is 0 Å². The topological polar surface area (TPSA) is 39.7 Å². The second-order valence-electron chi connectivity index (χ2n) is 5.31. The lowest BCUT2D eigenvalue weighted by Crippen LogP contribution is -2.27. The monoisotopic (exact) mass is 295 g/mol. The molecule has 1 atom stereocenters. The van der Waals surface area contributed by atoms with Crippen LogP contribution in [0.3, 0.4) is 0 Å². The first-order chi connectivity index (χ1) is 10.2. The number of hydrogen-bond donors (Lipinski definition) is 1. The zero-order valence-electron chi connectivity index (χ0n) is 13.7. The van der Waals surface area contributed by atoms with Crippen LogP contribution in [0.15, 0.2) is 24.3 Å². The maximum Gasteiger partial charge on any atom is 0.119 e. The Hall–Kier alpha value is -1.10. The minimum Gasteiger partial charge on any atom is -0.491 e. The van der Waals surface area contributed by atoms with Gasteiger partial charge < -0.3 is 19.5 Å². The van der Waals surface area contributed by atoms with Crippen LogP contribution in [0.2, 0.25) is 0 Å². The molecule has 0 saturated heterocycles. The van der Waals surface area contributed by atoms with Crippen molar-refractivity contribution in [3.8, 4) is 5.75 Å². The Morgan fingerprint density at radius 2 is 1.81 bits per heavy atom. The normalized spacial score (nSPS) is 12.6. The first kappa shape index (κ1) is 18.0. The zero-order valence-corrected chi connectivity index (χ0v) is 13.7. The molecule has 0 aliphatic heterocycles. The predicted octanol–water partition coefficient (Wildman–Crippen LogP) is 3.18. The highest BCUT2D eigenvalue weighted by Gasteiger charge is 2.11. The molecule has 0 bridgehead atoms. The Balaban J connectivity index is 2.59. The van der Waals surface area contributed by atoms with Crippen LogP contribution in [-0.4, -0.2) is 39.6 Å². The highest BCUT2D eigenvalue weighted by Crippen LogP contribution is 2.19. The highest BCUT2D eigenvalue weighted by molar-refractivity contribution is 5.29. The molecule has 0 aromatic heterocycles. The van der Waals surface area contributed by atoms with Crippen molar-refractivity contribution in [3.05, 3.63) is 29.8 Å². The SMILES string of the molecule is CCCNC(COCCOC)c1ccc(OC(C)C)cc1.